The number of hydrogen-bond acceptors (Lipinski definition) is 3. The van der Waals surface area contributed by atoms with Gasteiger partial charge < -0.3 is 9.84 Å². The summed E-state index contributed by atoms with van der Waals surface area (Å²) in [6.07, 6.45) is 67.5. The molecule has 0 saturated heterocycles. The number of ether oxygens (including phenoxy) is 1. The smallest absolute Gasteiger partial charge is 0.310 e. The van der Waals surface area contributed by atoms with Crippen LogP contribution >= 0.6 is 0 Å². The number of carbonyl (C=O) groups excluding carboxylic acids is 1. The first kappa shape index (κ1) is 55.7. The summed E-state index contributed by atoms with van der Waals surface area (Å²) in [5, 5.41) is 8.67. The predicted molar refractivity (Wildman–Crippen MR) is 250 cm³/mol. The summed E-state index contributed by atoms with van der Waals surface area (Å²) in [6.45, 7) is 3.42. The Morgan fingerprint density at radius 2 is 0.421 bits per heavy atom. The lowest BCUT2D eigenvalue weighted by atomic mass is 10.0. The standard InChI is InChI=1S/C53H102O4/c1-2-57-53(56)51-49-47-45-43-41-39-37-35-33-31-29-27-25-23-21-19-17-15-13-11-9-7-5-3-4-6-8-10-12-14-16-18-20-22-24-26-28-30-32-34-36-38-40-42-44-46-48-50-52(54)55/h2H,1,3-51H2,(H,54,55). The van der Waals surface area contributed by atoms with E-state index in [0.717, 1.165) is 25.7 Å². The van der Waals surface area contributed by atoms with Crippen molar-refractivity contribution in [1.29, 1.82) is 0 Å². The summed E-state index contributed by atoms with van der Waals surface area (Å²) in [6, 6.07) is 0. The van der Waals surface area contributed by atoms with Gasteiger partial charge in [-0.25, -0.2) is 0 Å². The molecule has 1 N–H and O–H groups in total. The first-order valence-electron chi connectivity index (χ1n) is 26.2. The van der Waals surface area contributed by atoms with Crippen LogP contribution in [-0.4, -0.2) is 17.0 Å². The van der Waals surface area contributed by atoms with Crippen molar-refractivity contribution >= 4 is 11.9 Å². The van der Waals surface area contributed by atoms with E-state index in [1.807, 2.05) is 0 Å². The van der Waals surface area contributed by atoms with E-state index in [-0.39, 0.29) is 5.97 Å². The van der Waals surface area contributed by atoms with E-state index in [1.54, 1.807) is 0 Å². The van der Waals surface area contributed by atoms with E-state index in [2.05, 4.69) is 6.58 Å². The van der Waals surface area contributed by atoms with Crippen LogP contribution in [0.3, 0.4) is 0 Å². The fourth-order valence-electron chi connectivity index (χ4n) is 8.65. The molecule has 0 saturated carbocycles. The Hall–Kier alpha value is -1.32. The van der Waals surface area contributed by atoms with Crippen molar-refractivity contribution in [2.45, 2.75) is 315 Å². The summed E-state index contributed by atoms with van der Waals surface area (Å²) in [4.78, 5) is 21.8. The molecule has 0 heterocycles. The van der Waals surface area contributed by atoms with Gasteiger partial charge in [0.15, 0.2) is 0 Å². The molecule has 57 heavy (non-hydrogen) atoms. The number of hydrogen-bond donors (Lipinski definition) is 1. The number of rotatable bonds is 51. The van der Waals surface area contributed by atoms with Crippen molar-refractivity contribution in [3.05, 3.63) is 12.8 Å². The minimum Gasteiger partial charge on any atom is -0.481 e. The molecule has 0 aliphatic rings. The van der Waals surface area contributed by atoms with Crippen LogP contribution in [0.15, 0.2) is 12.8 Å². The molecular weight excluding hydrogens is 701 g/mol. The van der Waals surface area contributed by atoms with Gasteiger partial charge in [-0.05, 0) is 12.8 Å². The van der Waals surface area contributed by atoms with Crippen LogP contribution in [0.1, 0.15) is 315 Å². The van der Waals surface area contributed by atoms with E-state index >= 15 is 0 Å². The summed E-state index contributed by atoms with van der Waals surface area (Å²) >= 11 is 0. The second-order valence-electron chi connectivity index (χ2n) is 18.2. The topological polar surface area (TPSA) is 63.6 Å². The zero-order valence-electron chi connectivity index (χ0n) is 38.6. The molecule has 0 amide bonds. The summed E-state index contributed by atoms with van der Waals surface area (Å²) < 4.78 is 4.75. The molecule has 4 nitrogen and oxygen atoms in total. The lowest BCUT2D eigenvalue weighted by molar-refractivity contribution is -0.138. The fourth-order valence-corrected chi connectivity index (χ4v) is 8.65. The quantitative estimate of drug-likeness (QED) is 0.0378. The van der Waals surface area contributed by atoms with Crippen LogP contribution in [0.4, 0.5) is 0 Å². The van der Waals surface area contributed by atoms with E-state index in [1.165, 1.54) is 282 Å². The summed E-state index contributed by atoms with van der Waals surface area (Å²) in [5.41, 5.74) is 0. The molecule has 0 atom stereocenters. The fraction of sp³-hybridized carbons (Fsp3) is 0.925. The molecule has 0 bridgehead atoms. The zero-order valence-corrected chi connectivity index (χ0v) is 38.6. The first-order valence-corrected chi connectivity index (χ1v) is 26.2. The molecule has 0 fully saturated rings. The largest absolute Gasteiger partial charge is 0.481 e. The van der Waals surface area contributed by atoms with Gasteiger partial charge in [-0.15, -0.1) is 0 Å². The molecular formula is C53H102O4. The van der Waals surface area contributed by atoms with E-state index in [9.17, 15) is 9.59 Å². The van der Waals surface area contributed by atoms with Crippen molar-refractivity contribution in [2.75, 3.05) is 0 Å². The van der Waals surface area contributed by atoms with Gasteiger partial charge in [-0.1, -0.05) is 296 Å². The third-order valence-electron chi connectivity index (χ3n) is 12.5. The van der Waals surface area contributed by atoms with Crippen molar-refractivity contribution in [3.8, 4) is 0 Å². The SMILES string of the molecule is C=COC(=O)CCCCCCCCCCCCCCCCCCCCCCCCCCCCCCCCCCCCCCCCCCCCCCCCCC(=O)O. The molecule has 0 radical (unpaired) electrons. The molecule has 0 spiro atoms. The van der Waals surface area contributed by atoms with Crippen LogP contribution in [0.25, 0.3) is 0 Å². The van der Waals surface area contributed by atoms with Crippen molar-refractivity contribution in [1.82, 2.24) is 0 Å². The van der Waals surface area contributed by atoms with Crippen molar-refractivity contribution < 1.29 is 19.4 Å². The van der Waals surface area contributed by atoms with Gasteiger partial charge in [0.2, 0.25) is 0 Å². The number of unbranched alkanes of at least 4 members (excludes halogenated alkanes) is 46. The second-order valence-corrected chi connectivity index (χ2v) is 18.2. The third-order valence-corrected chi connectivity index (χ3v) is 12.5. The van der Waals surface area contributed by atoms with Crippen LogP contribution in [0.5, 0.6) is 0 Å². The van der Waals surface area contributed by atoms with Crippen LogP contribution in [-0.2, 0) is 14.3 Å². The van der Waals surface area contributed by atoms with E-state index in [0.29, 0.717) is 12.8 Å². The van der Waals surface area contributed by atoms with Crippen LogP contribution in [0, 0.1) is 0 Å². The Labute approximate surface area is 357 Å². The molecule has 0 aromatic carbocycles. The molecule has 0 aliphatic carbocycles. The molecule has 0 aromatic rings. The van der Waals surface area contributed by atoms with Gasteiger partial charge in [-0.3, -0.25) is 9.59 Å². The maximum absolute atomic E-state index is 11.3. The zero-order chi connectivity index (χ0) is 41.2. The normalized spacial score (nSPS) is 11.4. The molecule has 338 valence electrons. The maximum Gasteiger partial charge on any atom is 0.310 e. The van der Waals surface area contributed by atoms with Crippen LogP contribution in [0.2, 0.25) is 0 Å². The molecule has 0 aliphatic heterocycles. The molecule has 0 rings (SSSR count). The Bertz CT molecular complexity index is 794. The first-order chi connectivity index (χ1) is 28.2. The maximum atomic E-state index is 11.3. The Balaban J connectivity index is 3.08. The van der Waals surface area contributed by atoms with Gasteiger partial charge in [0.1, 0.15) is 0 Å². The average Bonchev–Trinajstić information content (AvgIpc) is 3.20. The second kappa shape index (κ2) is 50.8. The highest BCUT2D eigenvalue weighted by atomic mass is 16.5. The highest BCUT2D eigenvalue weighted by Crippen LogP contribution is 2.19. The lowest BCUT2D eigenvalue weighted by Gasteiger charge is -2.05. The number of aliphatic carboxylic acids is 1. The lowest BCUT2D eigenvalue weighted by Crippen LogP contribution is -1.98. The van der Waals surface area contributed by atoms with Crippen molar-refractivity contribution in [2.24, 2.45) is 0 Å². The Kier molecular flexibility index (Phi) is 49.6. The third kappa shape index (κ3) is 52.7. The van der Waals surface area contributed by atoms with Gasteiger partial charge in [0.05, 0.1) is 6.26 Å². The number of carboxylic acid groups (broad SMARTS) is 1. The molecule has 0 aromatic heterocycles. The molecule has 0 unspecified atom stereocenters. The average molecular weight is 803 g/mol. The molecule has 4 heteroatoms. The summed E-state index contributed by atoms with van der Waals surface area (Å²) in [7, 11) is 0. The van der Waals surface area contributed by atoms with Crippen molar-refractivity contribution in [3.63, 3.8) is 0 Å². The Morgan fingerprint density at radius 1 is 0.281 bits per heavy atom. The van der Waals surface area contributed by atoms with Crippen LogP contribution < -0.4 is 0 Å². The van der Waals surface area contributed by atoms with E-state index < -0.39 is 5.97 Å². The highest BCUT2D eigenvalue weighted by molar-refractivity contribution is 5.69. The number of carbonyl (C=O) groups is 2. The summed E-state index contributed by atoms with van der Waals surface area (Å²) in [5.74, 6) is -0.794. The van der Waals surface area contributed by atoms with Gasteiger partial charge in [0.25, 0.3) is 0 Å². The minimum absolute atomic E-state index is 0.145. The number of carboxylic acids is 1. The predicted octanol–water partition coefficient (Wildman–Crippen LogP) is 18.9. The minimum atomic E-state index is -0.649. The monoisotopic (exact) mass is 803 g/mol. The highest BCUT2D eigenvalue weighted by Gasteiger charge is 2.02. The van der Waals surface area contributed by atoms with Gasteiger partial charge in [0, 0.05) is 12.8 Å². The Morgan fingerprint density at radius 3 is 0.561 bits per heavy atom. The van der Waals surface area contributed by atoms with Gasteiger partial charge >= 0.3 is 11.9 Å². The number of esters is 1. The van der Waals surface area contributed by atoms with Gasteiger partial charge in [-0.2, -0.15) is 0 Å². The van der Waals surface area contributed by atoms with E-state index in [4.69, 9.17) is 9.84 Å².